The molecular weight excluding hydrogens is 168 g/mol. The first-order valence-corrected chi connectivity index (χ1v) is 4.89. The van der Waals surface area contributed by atoms with Crippen LogP contribution >= 0.6 is 0 Å². The lowest BCUT2D eigenvalue weighted by Gasteiger charge is -2.31. The maximum atomic E-state index is 11.4. The van der Waals surface area contributed by atoms with E-state index >= 15 is 0 Å². The average molecular weight is 182 g/mol. The molecule has 0 N–H and O–H groups in total. The van der Waals surface area contributed by atoms with Crippen molar-refractivity contribution >= 4 is 5.97 Å². The first-order chi connectivity index (χ1) is 6.15. The van der Waals surface area contributed by atoms with E-state index in [1.54, 1.807) is 7.11 Å². The molecule has 13 heavy (non-hydrogen) atoms. The first-order valence-electron chi connectivity index (χ1n) is 4.89. The number of hydrogen-bond acceptors (Lipinski definition) is 3. The molecule has 3 heteroatoms. The second-order valence-corrected chi connectivity index (χ2v) is 4.89. The van der Waals surface area contributed by atoms with Gasteiger partial charge in [-0.25, -0.2) is 0 Å². The van der Waals surface area contributed by atoms with Gasteiger partial charge in [-0.3, -0.25) is 4.79 Å². The summed E-state index contributed by atoms with van der Waals surface area (Å²) >= 11 is 0. The summed E-state index contributed by atoms with van der Waals surface area (Å²) in [6, 6.07) is 0. The maximum absolute atomic E-state index is 11.4. The molecule has 0 radical (unpaired) electrons. The van der Waals surface area contributed by atoms with E-state index < -0.39 is 0 Å². The number of methoxy groups -OCH3 is 1. The van der Waals surface area contributed by atoms with E-state index in [-0.39, 0.29) is 29.5 Å². The highest BCUT2D eigenvalue weighted by molar-refractivity contribution is 5.77. The molecule has 2 aliphatic carbocycles. The maximum Gasteiger partial charge on any atom is 0.309 e. The van der Waals surface area contributed by atoms with Crippen molar-refractivity contribution in [3.8, 4) is 0 Å². The van der Waals surface area contributed by atoms with Crippen LogP contribution in [-0.4, -0.2) is 25.3 Å². The van der Waals surface area contributed by atoms with Crippen molar-refractivity contribution in [2.75, 3.05) is 7.11 Å². The molecular formula is C10H14O3. The van der Waals surface area contributed by atoms with E-state index in [1.807, 2.05) is 0 Å². The number of esters is 1. The number of fused-ring (bicyclic) bond motifs is 1. The van der Waals surface area contributed by atoms with E-state index in [1.165, 1.54) is 0 Å². The van der Waals surface area contributed by atoms with Gasteiger partial charge in [-0.15, -0.1) is 0 Å². The Bertz CT molecular complexity index is 275. The fourth-order valence-electron chi connectivity index (χ4n) is 3.66. The highest BCUT2D eigenvalue weighted by Crippen LogP contribution is 2.62. The lowest BCUT2D eigenvalue weighted by Crippen LogP contribution is -2.38. The minimum absolute atomic E-state index is 0.0123. The number of hydrogen-bond donors (Lipinski definition) is 0. The van der Waals surface area contributed by atoms with Crippen molar-refractivity contribution in [2.45, 2.75) is 32.0 Å². The van der Waals surface area contributed by atoms with Crippen molar-refractivity contribution in [3.05, 3.63) is 0 Å². The highest BCUT2D eigenvalue weighted by Gasteiger charge is 2.67. The summed E-state index contributed by atoms with van der Waals surface area (Å²) in [5.74, 6) is 0.641. The summed E-state index contributed by atoms with van der Waals surface area (Å²) in [5, 5.41) is 0. The van der Waals surface area contributed by atoms with Gasteiger partial charge < -0.3 is 9.47 Å². The second-order valence-electron chi connectivity index (χ2n) is 4.89. The molecule has 1 aliphatic heterocycles. The minimum atomic E-state index is 0.0123. The van der Waals surface area contributed by atoms with Gasteiger partial charge in [0, 0.05) is 13.0 Å². The molecule has 0 amide bonds. The van der Waals surface area contributed by atoms with Gasteiger partial charge in [0.05, 0.1) is 12.0 Å². The third-order valence-corrected chi connectivity index (χ3v) is 4.12. The van der Waals surface area contributed by atoms with Crippen LogP contribution in [0, 0.1) is 17.3 Å². The van der Waals surface area contributed by atoms with Gasteiger partial charge in [0.25, 0.3) is 0 Å². The summed E-state index contributed by atoms with van der Waals surface area (Å²) in [4.78, 5) is 11.4. The Kier molecular flexibility index (Phi) is 1.25. The first kappa shape index (κ1) is 7.80. The van der Waals surface area contributed by atoms with Gasteiger partial charge in [-0.05, 0) is 18.3 Å². The standard InChI is InChI=1S/C10H14O3/c1-10-3-5-6(4-10)9(11)13-7(5)8(10)12-2/h5-8H,3-4H2,1-2H3. The fourth-order valence-corrected chi connectivity index (χ4v) is 3.66. The molecule has 3 aliphatic rings. The smallest absolute Gasteiger partial charge is 0.309 e. The molecule has 5 unspecified atom stereocenters. The monoisotopic (exact) mass is 182 g/mol. The molecule has 3 nitrogen and oxygen atoms in total. The molecule has 0 aromatic rings. The van der Waals surface area contributed by atoms with Gasteiger partial charge >= 0.3 is 5.97 Å². The lowest BCUT2D eigenvalue weighted by molar-refractivity contribution is -0.147. The molecule has 72 valence electrons. The van der Waals surface area contributed by atoms with Crippen LogP contribution in [0.4, 0.5) is 0 Å². The third kappa shape index (κ3) is 0.725. The van der Waals surface area contributed by atoms with Gasteiger partial charge in [0.2, 0.25) is 0 Å². The summed E-state index contributed by atoms with van der Waals surface area (Å²) in [6.45, 7) is 2.22. The van der Waals surface area contributed by atoms with Crippen molar-refractivity contribution in [2.24, 2.45) is 17.3 Å². The van der Waals surface area contributed by atoms with Crippen LogP contribution in [0.15, 0.2) is 0 Å². The van der Waals surface area contributed by atoms with Crippen LogP contribution in [0.1, 0.15) is 19.8 Å². The van der Waals surface area contributed by atoms with Gasteiger partial charge in [0.15, 0.2) is 0 Å². The molecule has 3 fully saturated rings. The normalized spacial score (nSPS) is 57.2. The zero-order valence-electron chi connectivity index (χ0n) is 7.95. The van der Waals surface area contributed by atoms with Crippen LogP contribution in [0.25, 0.3) is 0 Å². The predicted molar refractivity (Wildman–Crippen MR) is 45.0 cm³/mol. The Balaban J connectivity index is 2.02. The Labute approximate surface area is 77.4 Å². The Morgan fingerprint density at radius 2 is 2.31 bits per heavy atom. The van der Waals surface area contributed by atoms with Crippen LogP contribution < -0.4 is 0 Å². The Morgan fingerprint density at radius 3 is 3.00 bits per heavy atom. The quantitative estimate of drug-likeness (QED) is 0.567. The fraction of sp³-hybridized carbons (Fsp3) is 0.900. The van der Waals surface area contributed by atoms with Crippen LogP contribution in [0.5, 0.6) is 0 Å². The number of carbonyl (C=O) groups is 1. The molecule has 3 rings (SSSR count). The lowest BCUT2D eigenvalue weighted by atomic mass is 9.79. The number of ether oxygens (including phenoxy) is 2. The van der Waals surface area contributed by atoms with Crippen molar-refractivity contribution in [1.29, 1.82) is 0 Å². The molecule has 0 aromatic heterocycles. The summed E-state index contributed by atoms with van der Waals surface area (Å²) in [6.07, 6.45) is 2.26. The SMILES string of the molecule is COC1C2OC(=O)C3CC1(C)CC32. The van der Waals surface area contributed by atoms with Gasteiger partial charge in [-0.1, -0.05) is 6.92 Å². The molecule has 1 heterocycles. The van der Waals surface area contributed by atoms with Crippen LogP contribution in [0.3, 0.4) is 0 Å². The third-order valence-electron chi connectivity index (χ3n) is 4.12. The van der Waals surface area contributed by atoms with Crippen molar-refractivity contribution in [3.63, 3.8) is 0 Å². The van der Waals surface area contributed by atoms with Crippen molar-refractivity contribution < 1.29 is 14.3 Å². The number of rotatable bonds is 1. The van der Waals surface area contributed by atoms with E-state index in [2.05, 4.69) is 6.92 Å². The Morgan fingerprint density at radius 1 is 1.54 bits per heavy atom. The molecule has 5 atom stereocenters. The molecule has 1 saturated heterocycles. The summed E-state index contributed by atoms with van der Waals surface area (Å²) in [5.41, 5.74) is 0.195. The zero-order chi connectivity index (χ0) is 9.22. The summed E-state index contributed by atoms with van der Waals surface area (Å²) in [7, 11) is 1.72. The topological polar surface area (TPSA) is 35.5 Å². The molecule has 2 saturated carbocycles. The summed E-state index contributed by atoms with van der Waals surface area (Å²) < 4.78 is 10.8. The minimum Gasteiger partial charge on any atom is -0.459 e. The average Bonchev–Trinajstić information content (AvgIpc) is 2.59. The van der Waals surface area contributed by atoms with E-state index in [9.17, 15) is 4.79 Å². The number of carbonyl (C=O) groups excluding carboxylic acids is 1. The van der Waals surface area contributed by atoms with Gasteiger partial charge in [0.1, 0.15) is 6.10 Å². The predicted octanol–water partition coefficient (Wildman–Crippen LogP) is 0.973. The molecule has 0 spiro atoms. The van der Waals surface area contributed by atoms with Gasteiger partial charge in [-0.2, -0.15) is 0 Å². The Hall–Kier alpha value is -0.570. The largest absolute Gasteiger partial charge is 0.459 e. The van der Waals surface area contributed by atoms with E-state index in [4.69, 9.17) is 9.47 Å². The molecule has 2 bridgehead atoms. The zero-order valence-corrected chi connectivity index (χ0v) is 7.95. The second kappa shape index (κ2) is 2.08. The van der Waals surface area contributed by atoms with E-state index in [0.29, 0.717) is 5.92 Å². The van der Waals surface area contributed by atoms with Crippen LogP contribution in [-0.2, 0) is 14.3 Å². The van der Waals surface area contributed by atoms with Crippen molar-refractivity contribution in [1.82, 2.24) is 0 Å². The van der Waals surface area contributed by atoms with Crippen LogP contribution in [0.2, 0.25) is 0 Å². The highest BCUT2D eigenvalue weighted by atomic mass is 16.6. The van der Waals surface area contributed by atoms with E-state index in [0.717, 1.165) is 12.8 Å². The molecule has 0 aromatic carbocycles.